The average molecular weight is 397 g/mol. The summed E-state index contributed by atoms with van der Waals surface area (Å²) in [7, 11) is 0. The van der Waals surface area contributed by atoms with Crippen molar-refractivity contribution in [1.29, 1.82) is 0 Å². The van der Waals surface area contributed by atoms with Gasteiger partial charge in [0.05, 0.1) is 5.69 Å². The Kier molecular flexibility index (Phi) is 5.05. The van der Waals surface area contributed by atoms with Gasteiger partial charge in [-0.2, -0.15) is 0 Å². The first-order chi connectivity index (χ1) is 12.8. The molecule has 1 amide bonds. The molecule has 0 radical (unpaired) electrons. The molecule has 8 heteroatoms. The zero-order valence-electron chi connectivity index (χ0n) is 13.3. The van der Waals surface area contributed by atoms with Gasteiger partial charge in [-0.15, -0.1) is 21.5 Å². The average Bonchev–Trinajstić information content (AvgIpc) is 3.36. The molecule has 2 aromatic heterocycles. The lowest BCUT2D eigenvalue weighted by molar-refractivity contribution is 0.102. The lowest BCUT2D eigenvalue weighted by Gasteiger charge is -2.08. The Labute approximate surface area is 162 Å². The topological polar surface area (TPSA) is 67.8 Å². The van der Waals surface area contributed by atoms with Crippen LogP contribution in [-0.4, -0.2) is 21.1 Å². The van der Waals surface area contributed by atoms with Gasteiger partial charge in [0.1, 0.15) is 16.2 Å². The summed E-state index contributed by atoms with van der Waals surface area (Å²) in [4.78, 5) is 18.0. The van der Waals surface area contributed by atoms with Gasteiger partial charge in [-0.1, -0.05) is 65.6 Å². The van der Waals surface area contributed by atoms with E-state index in [4.69, 9.17) is 0 Å². The van der Waals surface area contributed by atoms with E-state index in [9.17, 15) is 4.79 Å². The fourth-order valence-electron chi connectivity index (χ4n) is 2.24. The Morgan fingerprint density at radius 2 is 1.81 bits per heavy atom. The van der Waals surface area contributed by atoms with Gasteiger partial charge in [-0.3, -0.25) is 4.79 Å². The van der Waals surface area contributed by atoms with Crippen LogP contribution in [0.5, 0.6) is 0 Å². The van der Waals surface area contributed by atoms with Gasteiger partial charge in [-0.25, -0.2) is 4.98 Å². The summed E-state index contributed by atoms with van der Waals surface area (Å²) in [5.74, 6) is -0.228. The second-order valence-electron chi connectivity index (χ2n) is 5.16. The van der Waals surface area contributed by atoms with Crippen LogP contribution in [0.3, 0.4) is 0 Å². The molecule has 0 saturated heterocycles. The number of carbonyl (C=O) groups is 1. The van der Waals surface area contributed by atoms with Crippen molar-refractivity contribution in [3.8, 4) is 10.6 Å². The first-order valence-corrected chi connectivity index (χ1v) is 10.2. The maximum Gasteiger partial charge on any atom is 0.275 e. The Bertz CT molecular complexity index is 1020. The first kappa shape index (κ1) is 16.9. The van der Waals surface area contributed by atoms with E-state index in [-0.39, 0.29) is 5.91 Å². The number of benzene rings is 2. The Balaban J connectivity index is 1.53. The monoisotopic (exact) mass is 396 g/mol. The maximum atomic E-state index is 12.6. The molecule has 26 heavy (non-hydrogen) atoms. The SMILES string of the molecule is O=C(Nc1ccccc1Sc1nncs1)c1csc(-c2ccccc2)n1. The molecule has 0 fully saturated rings. The van der Waals surface area contributed by atoms with Gasteiger partial charge < -0.3 is 5.32 Å². The van der Waals surface area contributed by atoms with Crippen LogP contribution in [0.15, 0.2) is 74.7 Å². The minimum Gasteiger partial charge on any atom is -0.320 e. The molecule has 0 bridgehead atoms. The summed E-state index contributed by atoms with van der Waals surface area (Å²) in [6.07, 6.45) is 0. The zero-order valence-corrected chi connectivity index (χ0v) is 15.8. The van der Waals surface area contributed by atoms with Crippen molar-refractivity contribution in [2.75, 3.05) is 5.32 Å². The van der Waals surface area contributed by atoms with E-state index in [2.05, 4.69) is 20.5 Å². The molecule has 0 spiro atoms. The van der Waals surface area contributed by atoms with Gasteiger partial charge >= 0.3 is 0 Å². The minimum absolute atomic E-state index is 0.228. The standard InChI is InChI=1S/C18H12N4OS3/c23-16(14-10-24-17(21-14)12-6-2-1-3-7-12)20-13-8-4-5-9-15(13)26-18-22-19-11-25-18/h1-11H,(H,20,23). The molecule has 0 unspecified atom stereocenters. The predicted molar refractivity (Wildman–Crippen MR) is 106 cm³/mol. The van der Waals surface area contributed by atoms with Crippen LogP contribution in [0.2, 0.25) is 0 Å². The number of amides is 1. The Morgan fingerprint density at radius 1 is 1.00 bits per heavy atom. The number of carbonyl (C=O) groups excluding carboxylic acids is 1. The summed E-state index contributed by atoms with van der Waals surface area (Å²) >= 11 is 4.39. The van der Waals surface area contributed by atoms with E-state index < -0.39 is 0 Å². The van der Waals surface area contributed by atoms with E-state index in [1.165, 1.54) is 34.4 Å². The van der Waals surface area contributed by atoms with Crippen molar-refractivity contribution >= 4 is 46.0 Å². The predicted octanol–water partition coefficient (Wildman–Crippen LogP) is 5.07. The van der Waals surface area contributed by atoms with E-state index in [0.717, 1.165) is 25.5 Å². The molecule has 0 aliphatic rings. The molecule has 0 aliphatic heterocycles. The van der Waals surface area contributed by atoms with Gasteiger partial charge in [0.2, 0.25) is 0 Å². The molecule has 1 N–H and O–H groups in total. The van der Waals surface area contributed by atoms with Crippen LogP contribution in [0, 0.1) is 0 Å². The summed E-state index contributed by atoms with van der Waals surface area (Å²) < 4.78 is 0.826. The molecule has 0 aliphatic carbocycles. The van der Waals surface area contributed by atoms with E-state index in [1.54, 1.807) is 10.9 Å². The number of anilines is 1. The fourth-order valence-corrected chi connectivity index (χ4v) is 4.57. The van der Waals surface area contributed by atoms with Gasteiger partial charge in [0, 0.05) is 15.8 Å². The van der Waals surface area contributed by atoms with E-state index in [1.807, 2.05) is 54.6 Å². The number of nitrogens with zero attached hydrogens (tertiary/aromatic N) is 3. The highest BCUT2D eigenvalue weighted by molar-refractivity contribution is 8.01. The molecule has 0 saturated carbocycles. The second-order valence-corrected chi connectivity index (χ2v) is 8.14. The third-order valence-electron chi connectivity index (χ3n) is 3.43. The number of nitrogens with one attached hydrogen (secondary N) is 1. The normalized spacial score (nSPS) is 10.6. The quantitative estimate of drug-likeness (QED) is 0.510. The highest BCUT2D eigenvalue weighted by Gasteiger charge is 2.14. The first-order valence-electron chi connectivity index (χ1n) is 7.65. The van der Waals surface area contributed by atoms with Gasteiger partial charge in [0.15, 0.2) is 4.34 Å². The summed E-state index contributed by atoms with van der Waals surface area (Å²) in [6, 6.07) is 17.4. The molecule has 0 atom stereocenters. The van der Waals surface area contributed by atoms with Crippen LogP contribution in [0.1, 0.15) is 10.5 Å². The van der Waals surface area contributed by atoms with Crippen LogP contribution in [0.4, 0.5) is 5.69 Å². The zero-order chi connectivity index (χ0) is 17.8. The molecule has 128 valence electrons. The minimum atomic E-state index is -0.228. The summed E-state index contributed by atoms with van der Waals surface area (Å²) in [5, 5.41) is 13.4. The number of rotatable bonds is 5. The highest BCUT2D eigenvalue weighted by atomic mass is 32.2. The van der Waals surface area contributed by atoms with Gasteiger partial charge in [-0.05, 0) is 12.1 Å². The lowest BCUT2D eigenvalue weighted by Crippen LogP contribution is -2.12. The molecule has 4 rings (SSSR count). The van der Waals surface area contributed by atoms with Crippen molar-refractivity contribution in [2.24, 2.45) is 0 Å². The van der Waals surface area contributed by atoms with E-state index in [0.29, 0.717) is 5.69 Å². The molecular formula is C18H12N4OS3. The van der Waals surface area contributed by atoms with Crippen molar-refractivity contribution in [1.82, 2.24) is 15.2 Å². The molecule has 4 aromatic rings. The molecular weight excluding hydrogens is 384 g/mol. The molecule has 2 heterocycles. The van der Waals surface area contributed by atoms with Crippen LogP contribution in [-0.2, 0) is 0 Å². The summed E-state index contributed by atoms with van der Waals surface area (Å²) in [6.45, 7) is 0. The van der Waals surface area contributed by atoms with Crippen LogP contribution >= 0.6 is 34.4 Å². The summed E-state index contributed by atoms with van der Waals surface area (Å²) in [5.41, 5.74) is 3.82. The second kappa shape index (κ2) is 7.77. The number of hydrogen-bond donors (Lipinski definition) is 1. The lowest BCUT2D eigenvalue weighted by atomic mass is 10.2. The van der Waals surface area contributed by atoms with Crippen LogP contribution in [0.25, 0.3) is 10.6 Å². The number of hydrogen-bond acceptors (Lipinski definition) is 7. The van der Waals surface area contributed by atoms with Gasteiger partial charge in [0.25, 0.3) is 5.91 Å². The third kappa shape index (κ3) is 3.82. The van der Waals surface area contributed by atoms with Crippen molar-refractivity contribution in [3.63, 3.8) is 0 Å². The molecule has 2 aromatic carbocycles. The number of thiazole rings is 1. The van der Waals surface area contributed by atoms with Crippen LogP contribution < -0.4 is 5.32 Å². The number of aromatic nitrogens is 3. The number of para-hydroxylation sites is 1. The van der Waals surface area contributed by atoms with Crippen molar-refractivity contribution in [2.45, 2.75) is 9.24 Å². The molecule has 5 nitrogen and oxygen atoms in total. The highest BCUT2D eigenvalue weighted by Crippen LogP contribution is 2.34. The smallest absolute Gasteiger partial charge is 0.275 e. The van der Waals surface area contributed by atoms with Crippen molar-refractivity contribution < 1.29 is 4.79 Å². The Morgan fingerprint density at radius 3 is 2.62 bits per heavy atom. The largest absolute Gasteiger partial charge is 0.320 e. The maximum absolute atomic E-state index is 12.6. The van der Waals surface area contributed by atoms with E-state index >= 15 is 0 Å². The Hall–Kier alpha value is -2.55. The van der Waals surface area contributed by atoms with Crippen molar-refractivity contribution in [3.05, 3.63) is 71.2 Å². The third-order valence-corrected chi connectivity index (χ3v) is 6.18. The fraction of sp³-hybridized carbons (Fsp3) is 0.